The predicted octanol–water partition coefficient (Wildman–Crippen LogP) is 3.74. The van der Waals surface area contributed by atoms with Crippen LogP contribution in [-0.4, -0.2) is 22.3 Å². The summed E-state index contributed by atoms with van der Waals surface area (Å²) in [4.78, 5) is 19.3. The number of rotatable bonds is 1. The molecule has 0 atom stereocenters. The monoisotopic (exact) mass is 296 g/mol. The van der Waals surface area contributed by atoms with Gasteiger partial charge in [0.1, 0.15) is 5.69 Å². The Hall–Kier alpha value is -2.07. The van der Waals surface area contributed by atoms with E-state index in [1.54, 1.807) is 11.3 Å². The van der Waals surface area contributed by atoms with Gasteiger partial charge >= 0.3 is 0 Å². The number of aryl methyl sites for hydroxylation is 1. The molecule has 2 aromatic heterocycles. The fourth-order valence-corrected chi connectivity index (χ4v) is 3.84. The van der Waals surface area contributed by atoms with Crippen LogP contribution < -0.4 is 0 Å². The quantitative estimate of drug-likeness (QED) is 0.729. The average molecular weight is 296 g/mol. The van der Waals surface area contributed by atoms with E-state index in [1.807, 2.05) is 11.0 Å². The highest BCUT2D eigenvalue weighted by atomic mass is 32.1. The van der Waals surface area contributed by atoms with E-state index in [-0.39, 0.29) is 5.91 Å². The minimum Gasteiger partial charge on any atom is -0.351 e. The molecule has 21 heavy (non-hydrogen) atoms. The van der Waals surface area contributed by atoms with Crippen LogP contribution >= 0.6 is 11.3 Å². The molecule has 4 rings (SSSR count). The van der Waals surface area contributed by atoms with E-state index in [0.717, 1.165) is 30.4 Å². The van der Waals surface area contributed by atoms with Crippen LogP contribution in [0.5, 0.6) is 0 Å². The minimum absolute atomic E-state index is 0.0979. The molecule has 1 aliphatic rings. The van der Waals surface area contributed by atoms with Gasteiger partial charge in [-0.15, -0.1) is 11.3 Å². The Kier molecular flexibility index (Phi) is 2.86. The molecular formula is C17H16N2OS. The SMILES string of the molecule is Cc1ccc2cc(C(=O)N3CCc4sccc4C3)[nH]c2c1. The van der Waals surface area contributed by atoms with Crippen molar-refractivity contribution in [2.45, 2.75) is 19.9 Å². The van der Waals surface area contributed by atoms with Crippen molar-refractivity contribution < 1.29 is 4.79 Å². The van der Waals surface area contributed by atoms with Crippen molar-refractivity contribution in [3.63, 3.8) is 0 Å². The first-order chi connectivity index (χ1) is 10.2. The maximum absolute atomic E-state index is 12.7. The molecule has 0 aliphatic carbocycles. The van der Waals surface area contributed by atoms with Crippen molar-refractivity contribution in [3.8, 4) is 0 Å². The third-order valence-corrected chi connectivity index (χ3v) is 5.13. The number of carbonyl (C=O) groups is 1. The van der Waals surface area contributed by atoms with E-state index in [1.165, 1.54) is 16.0 Å². The lowest BCUT2D eigenvalue weighted by Crippen LogP contribution is -2.35. The van der Waals surface area contributed by atoms with E-state index in [0.29, 0.717) is 5.69 Å². The van der Waals surface area contributed by atoms with Gasteiger partial charge < -0.3 is 9.88 Å². The number of hydrogen-bond donors (Lipinski definition) is 1. The highest BCUT2D eigenvalue weighted by Gasteiger charge is 2.23. The third kappa shape index (κ3) is 2.16. The zero-order chi connectivity index (χ0) is 14.4. The van der Waals surface area contributed by atoms with Crippen molar-refractivity contribution in [3.05, 3.63) is 57.4 Å². The summed E-state index contributed by atoms with van der Waals surface area (Å²) in [5, 5.41) is 3.21. The molecule has 106 valence electrons. The summed E-state index contributed by atoms with van der Waals surface area (Å²) < 4.78 is 0. The van der Waals surface area contributed by atoms with Crippen molar-refractivity contribution in [1.29, 1.82) is 0 Å². The Morgan fingerprint density at radius 1 is 1.29 bits per heavy atom. The van der Waals surface area contributed by atoms with Crippen LogP contribution in [0.3, 0.4) is 0 Å². The van der Waals surface area contributed by atoms with Crippen LogP contribution in [0.4, 0.5) is 0 Å². The molecule has 3 aromatic rings. The van der Waals surface area contributed by atoms with Gasteiger partial charge in [-0.3, -0.25) is 4.79 Å². The van der Waals surface area contributed by atoms with Crippen molar-refractivity contribution in [2.24, 2.45) is 0 Å². The number of benzene rings is 1. The van der Waals surface area contributed by atoms with Crippen molar-refractivity contribution >= 4 is 28.1 Å². The maximum atomic E-state index is 12.7. The number of carbonyl (C=O) groups excluding carboxylic acids is 1. The molecular weight excluding hydrogens is 280 g/mol. The molecule has 1 aliphatic heterocycles. The van der Waals surface area contributed by atoms with E-state index in [2.05, 4.69) is 41.6 Å². The third-order valence-electron chi connectivity index (χ3n) is 4.10. The molecule has 1 N–H and O–H groups in total. The lowest BCUT2D eigenvalue weighted by Gasteiger charge is -2.26. The Morgan fingerprint density at radius 2 is 2.19 bits per heavy atom. The molecule has 3 nitrogen and oxygen atoms in total. The molecule has 0 saturated heterocycles. The molecule has 3 heterocycles. The van der Waals surface area contributed by atoms with Gasteiger partial charge in [0.05, 0.1) is 0 Å². The van der Waals surface area contributed by atoms with Gasteiger partial charge in [0.15, 0.2) is 0 Å². The molecule has 0 spiro atoms. The number of amides is 1. The summed E-state index contributed by atoms with van der Waals surface area (Å²) in [5.74, 6) is 0.0979. The lowest BCUT2D eigenvalue weighted by atomic mass is 10.1. The summed E-state index contributed by atoms with van der Waals surface area (Å²) in [5.41, 5.74) is 4.22. The first-order valence-corrected chi connectivity index (χ1v) is 8.02. The number of thiophene rings is 1. The second-order valence-corrected chi connectivity index (χ2v) is 6.62. The second-order valence-electron chi connectivity index (χ2n) is 5.62. The maximum Gasteiger partial charge on any atom is 0.270 e. The van der Waals surface area contributed by atoms with Crippen LogP contribution in [0.25, 0.3) is 10.9 Å². The summed E-state index contributed by atoms with van der Waals surface area (Å²) in [6.45, 7) is 3.59. The predicted molar refractivity (Wildman–Crippen MR) is 85.8 cm³/mol. The van der Waals surface area contributed by atoms with Crippen LogP contribution in [0, 0.1) is 6.92 Å². The highest BCUT2D eigenvalue weighted by Crippen LogP contribution is 2.25. The normalized spacial score (nSPS) is 14.4. The molecule has 1 aromatic carbocycles. The lowest BCUT2D eigenvalue weighted by molar-refractivity contribution is 0.0731. The number of aromatic nitrogens is 1. The zero-order valence-electron chi connectivity index (χ0n) is 11.8. The number of H-pyrrole nitrogens is 1. The Labute approximate surface area is 127 Å². The summed E-state index contributed by atoms with van der Waals surface area (Å²) in [6.07, 6.45) is 0.970. The van der Waals surface area contributed by atoms with E-state index in [9.17, 15) is 4.79 Å². The minimum atomic E-state index is 0.0979. The number of hydrogen-bond acceptors (Lipinski definition) is 2. The summed E-state index contributed by atoms with van der Waals surface area (Å²) in [6, 6.07) is 10.3. The Balaban J connectivity index is 1.64. The molecule has 0 bridgehead atoms. The van der Waals surface area contributed by atoms with Gasteiger partial charge in [-0.1, -0.05) is 12.1 Å². The van der Waals surface area contributed by atoms with E-state index >= 15 is 0 Å². The molecule has 0 radical (unpaired) electrons. The van der Waals surface area contributed by atoms with Crippen molar-refractivity contribution in [2.75, 3.05) is 6.54 Å². The second kappa shape index (κ2) is 4.74. The van der Waals surface area contributed by atoms with Gasteiger partial charge in [-0.05, 0) is 48.1 Å². The number of aromatic amines is 1. The molecule has 1 amide bonds. The molecule has 4 heteroatoms. The van der Waals surface area contributed by atoms with Gasteiger partial charge in [0, 0.05) is 28.9 Å². The van der Waals surface area contributed by atoms with Gasteiger partial charge in [-0.2, -0.15) is 0 Å². The van der Waals surface area contributed by atoms with E-state index < -0.39 is 0 Å². The molecule has 0 saturated carbocycles. The van der Waals surface area contributed by atoms with Crippen LogP contribution in [0.15, 0.2) is 35.7 Å². The standard InChI is InChI=1S/C17H16N2OS/c1-11-2-3-12-9-15(18-14(12)8-11)17(20)19-6-4-16-13(10-19)5-7-21-16/h2-3,5,7-9,18H,4,6,10H2,1H3. The number of fused-ring (bicyclic) bond motifs is 2. The van der Waals surface area contributed by atoms with Crippen LogP contribution in [0.2, 0.25) is 0 Å². The zero-order valence-corrected chi connectivity index (χ0v) is 12.7. The fourth-order valence-electron chi connectivity index (χ4n) is 2.95. The van der Waals surface area contributed by atoms with Gasteiger partial charge in [-0.25, -0.2) is 0 Å². The first kappa shape index (κ1) is 12.7. The fraction of sp³-hybridized carbons (Fsp3) is 0.235. The Bertz CT molecular complexity index is 830. The summed E-state index contributed by atoms with van der Waals surface area (Å²) >= 11 is 1.79. The number of nitrogens with one attached hydrogen (secondary N) is 1. The van der Waals surface area contributed by atoms with E-state index in [4.69, 9.17) is 0 Å². The average Bonchev–Trinajstić information content (AvgIpc) is 3.11. The van der Waals surface area contributed by atoms with Gasteiger partial charge in [0.2, 0.25) is 0 Å². The van der Waals surface area contributed by atoms with Gasteiger partial charge in [0.25, 0.3) is 5.91 Å². The van der Waals surface area contributed by atoms with Crippen molar-refractivity contribution in [1.82, 2.24) is 9.88 Å². The highest BCUT2D eigenvalue weighted by molar-refractivity contribution is 7.10. The summed E-state index contributed by atoms with van der Waals surface area (Å²) in [7, 11) is 0. The Morgan fingerprint density at radius 3 is 3.10 bits per heavy atom. The topological polar surface area (TPSA) is 36.1 Å². The molecule has 0 unspecified atom stereocenters. The largest absolute Gasteiger partial charge is 0.351 e. The molecule has 0 fully saturated rings. The van der Waals surface area contributed by atoms with Crippen LogP contribution in [-0.2, 0) is 13.0 Å². The number of nitrogens with zero attached hydrogens (tertiary/aromatic N) is 1. The van der Waals surface area contributed by atoms with Crippen LogP contribution in [0.1, 0.15) is 26.5 Å². The first-order valence-electron chi connectivity index (χ1n) is 7.14. The smallest absolute Gasteiger partial charge is 0.270 e.